The Morgan fingerprint density at radius 1 is 1.02 bits per heavy atom. The number of benzene rings is 1. The fourth-order valence-electron chi connectivity index (χ4n) is 6.62. The molecule has 1 spiro atoms. The largest absolute Gasteiger partial charge is 0.497 e. The van der Waals surface area contributed by atoms with Crippen LogP contribution < -0.4 is 4.74 Å². The summed E-state index contributed by atoms with van der Waals surface area (Å²) in [5.41, 5.74) is 2.10. The number of hydrogen-bond acceptors (Lipinski definition) is 6. The van der Waals surface area contributed by atoms with Gasteiger partial charge < -0.3 is 9.30 Å². The smallest absolute Gasteiger partial charge is 0.251 e. The second-order valence-electron chi connectivity index (χ2n) is 11.9. The number of aromatic nitrogens is 6. The van der Waals surface area contributed by atoms with Gasteiger partial charge in [0.25, 0.3) is 5.78 Å². The van der Waals surface area contributed by atoms with E-state index in [9.17, 15) is 4.79 Å². The molecule has 0 bridgehead atoms. The molecule has 2 aliphatic rings. The fourth-order valence-corrected chi connectivity index (χ4v) is 6.62. The predicted octanol–water partition coefficient (Wildman–Crippen LogP) is 6.80. The molecule has 0 radical (unpaired) electrons. The fraction of sp³-hybridized carbons (Fsp3) is 0.594. The molecule has 2 aromatic heterocycles. The monoisotopic (exact) mass is 544 g/mol. The summed E-state index contributed by atoms with van der Waals surface area (Å²) in [6, 6.07) is 7.61. The van der Waals surface area contributed by atoms with Crippen molar-refractivity contribution < 1.29 is 9.53 Å². The molecule has 2 aliphatic carbocycles. The van der Waals surface area contributed by atoms with Crippen molar-refractivity contribution in [1.29, 1.82) is 0 Å². The molecule has 2 fully saturated rings. The summed E-state index contributed by atoms with van der Waals surface area (Å²) < 4.78 is 8.68. The highest BCUT2D eigenvalue weighted by Gasteiger charge is 2.37. The van der Waals surface area contributed by atoms with E-state index in [0.717, 1.165) is 42.0 Å². The van der Waals surface area contributed by atoms with Gasteiger partial charge in [-0.05, 0) is 104 Å². The van der Waals surface area contributed by atoms with Gasteiger partial charge in [0.1, 0.15) is 11.4 Å². The minimum absolute atomic E-state index is 0.185. The van der Waals surface area contributed by atoms with Crippen molar-refractivity contribution in [3.8, 4) is 5.75 Å². The summed E-state index contributed by atoms with van der Waals surface area (Å²) in [7, 11) is 1.63. The molecule has 0 saturated heterocycles. The van der Waals surface area contributed by atoms with Gasteiger partial charge in [0.05, 0.1) is 20.0 Å². The Morgan fingerprint density at radius 3 is 2.52 bits per heavy atom. The second kappa shape index (κ2) is 13.9. The first-order valence-corrected chi connectivity index (χ1v) is 15.2. The van der Waals surface area contributed by atoms with E-state index < -0.39 is 0 Å². The summed E-state index contributed by atoms with van der Waals surface area (Å²) >= 11 is 0. The molecular weight excluding hydrogens is 500 g/mol. The van der Waals surface area contributed by atoms with E-state index in [-0.39, 0.29) is 11.6 Å². The number of nitrogens with zero attached hydrogens (tertiary/aromatic N) is 6. The summed E-state index contributed by atoms with van der Waals surface area (Å²) in [5.74, 6) is 1.68. The minimum atomic E-state index is -0.275. The number of ether oxygens (including phenoxy) is 1. The third kappa shape index (κ3) is 7.46. The number of carbonyl (C=O) groups is 1. The molecule has 0 unspecified atom stereocenters. The molecule has 1 aromatic carbocycles. The standard InChI is InChI=1S/C32H44N6O2/c1-40-28-14-12-27(13-15-28)23-38-31(34-35-36-38)30(39)29-24-37(25-33-29)22-10-6-4-2-3-5-7-11-26-16-20-32(21-17-26)18-8-9-19-32/h2,4,12-15,24-26H,3,5-11,16-23H2,1H3. The number of imidazole rings is 1. The Kier molecular flexibility index (Phi) is 9.79. The van der Waals surface area contributed by atoms with Gasteiger partial charge in [0, 0.05) is 12.7 Å². The first-order valence-electron chi connectivity index (χ1n) is 15.2. The number of tetrazole rings is 1. The van der Waals surface area contributed by atoms with Gasteiger partial charge in [-0.15, -0.1) is 5.10 Å². The maximum atomic E-state index is 13.0. The van der Waals surface area contributed by atoms with Gasteiger partial charge in [0.2, 0.25) is 5.82 Å². The van der Waals surface area contributed by atoms with Gasteiger partial charge in [0.15, 0.2) is 0 Å². The molecule has 0 atom stereocenters. The predicted molar refractivity (Wildman–Crippen MR) is 155 cm³/mol. The Morgan fingerprint density at radius 2 is 1.77 bits per heavy atom. The lowest BCUT2D eigenvalue weighted by Crippen LogP contribution is -2.24. The van der Waals surface area contributed by atoms with Crippen molar-refractivity contribution in [2.75, 3.05) is 7.11 Å². The molecule has 2 saturated carbocycles. The van der Waals surface area contributed by atoms with Crippen molar-refractivity contribution in [3.05, 3.63) is 66.0 Å². The van der Waals surface area contributed by atoms with Crippen molar-refractivity contribution in [3.63, 3.8) is 0 Å². The molecule has 40 heavy (non-hydrogen) atoms. The lowest BCUT2D eigenvalue weighted by molar-refractivity contribution is 0.102. The lowest BCUT2D eigenvalue weighted by Gasteiger charge is -2.37. The highest BCUT2D eigenvalue weighted by atomic mass is 16.5. The van der Waals surface area contributed by atoms with Gasteiger partial charge in [-0.2, -0.15) is 0 Å². The minimum Gasteiger partial charge on any atom is -0.497 e. The lowest BCUT2D eigenvalue weighted by atomic mass is 9.68. The molecular formula is C32H44N6O2. The molecule has 214 valence electrons. The zero-order chi connectivity index (χ0) is 27.6. The van der Waals surface area contributed by atoms with Crippen molar-refractivity contribution >= 4 is 5.78 Å². The maximum Gasteiger partial charge on any atom is 0.251 e. The van der Waals surface area contributed by atoms with Crippen molar-refractivity contribution in [2.24, 2.45) is 11.3 Å². The summed E-state index contributed by atoms with van der Waals surface area (Å²) in [6.07, 6.45) is 27.5. The number of rotatable bonds is 14. The first kappa shape index (κ1) is 28.2. The third-order valence-electron chi connectivity index (χ3n) is 9.11. The van der Waals surface area contributed by atoms with E-state index >= 15 is 0 Å². The van der Waals surface area contributed by atoms with Crippen molar-refractivity contribution in [1.82, 2.24) is 29.8 Å². The number of unbranched alkanes of at least 4 members (excludes halogenated alkanes) is 3. The van der Waals surface area contributed by atoms with Crippen LogP contribution in [0.5, 0.6) is 5.75 Å². The number of ketones is 1. The molecule has 2 heterocycles. The molecule has 8 nitrogen and oxygen atoms in total. The van der Waals surface area contributed by atoms with Crippen LogP contribution in [0.4, 0.5) is 0 Å². The molecule has 0 amide bonds. The van der Waals surface area contributed by atoms with Crippen LogP contribution in [0.3, 0.4) is 0 Å². The first-order chi connectivity index (χ1) is 19.6. The van der Waals surface area contributed by atoms with Crippen LogP contribution in [-0.4, -0.2) is 42.7 Å². The van der Waals surface area contributed by atoms with Crippen LogP contribution in [0.2, 0.25) is 0 Å². The Balaban J connectivity index is 0.971. The second-order valence-corrected chi connectivity index (χ2v) is 11.9. The van der Waals surface area contributed by atoms with E-state index in [4.69, 9.17) is 4.74 Å². The van der Waals surface area contributed by atoms with Gasteiger partial charge >= 0.3 is 0 Å². The van der Waals surface area contributed by atoms with Gasteiger partial charge in [-0.1, -0.05) is 50.0 Å². The van der Waals surface area contributed by atoms with Crippen LogP contribution >= 0.6 is 0 Å². The van der Waals surface area contributed by atoms with E-state index in [1.807, 2.05) is 28.8 Å². The zero-order valence-corrected chi connectivity index (χ0v) is 24.0. The average Bonchev–Trinajstić information content (AvgIpc) is 3.75. The summed E-state index contributed by atoms with van der Waals surface area (Å²) in [5, 5.41) is 11.7. The van der Waals surface area contributed by atoms with E-state index in [1.165, 1.54) is 81.7 Å². The van der Waals surface area contributed by atoms with Gasteiger partial charge in [-0.3, -0.25) is 4.79 Å². The SMILES string of the molecule is COc1ccc(Cn2nnnc2C(=O)c2cn(CCCC=CCCCCC3CCC4(CCCC4)CC3)cn2)cc1. The van der Waals surface area contributed by atoms with E-state index in [0.29, 0.717) is 12.2 Å². The highest BCUT2D eigenvalue weighted by molar-refractivity contribution is 6.04. The number of aryl methyl sites for hydroxylation is 1. The molecule has 0 N–H and O–H groups in total. The van der Waals surface area contributed by atoms with Crippen molar-refractivity contribution in [2.45, 2.75) is 103 Å². The van der Waals surface area contributed by atoms with Crippen LogP contribution in [0.15, 0.2) is 48.9 Å². The Labute approximate surface area is 238 Å². The molecule has 3 aromatic rings. The number of methoxy groups -OCH3 is 1. The van der Waals surface area contributed by atoms with Crippen LogP contribution in [-0.2, 0) is 13.1 Å². The molecule has 8 heteroatoms. The zero-order valence-electron chi connectivity index (χ0n) is 24.0. The topological polar surface area (TPSA) is 87.7 Å². The quantitative estimate of drug-likeness (QED) is 0.126. The van der Waals surface area contributed by atoms with E-state index in [2.05, 4.69) is 32.7 Å². The third-order valence-corrected chi connectivity index (χ3v) is 9.11. The molecule has 0 aliphatic heterocycles. The highest BCUT2D eigenvalue weighted by Crippen LogP contribution is 2.50. The number of carbonyl (C=O) groups excluding carboxylic acids is 1. The van der Waals surface area contributed by atoms with Crippen LogP contribution in [0, 0.1) is 11.3 Å². The van der Waals surface area contributed by atoms with Crippen LogP contribution in [0.1, 0.15) is 112 Å². The summed E-state index contributed by atoms with van der Waals surface area (Å²) in [6.45, 7) is 1.22. The Hall–Kier alpha value is -3.29. The Bertz CT molecular complexity index is 1230. The molecule has 5 rings (SSSR count). The van der Waals surface area contributed by atoms with E-state index in [1.54, 1.807) is 19.6 Å². The normalized spacial score (nSPS) is 17.2. The number of allylic oxidation sites excluding steroid dienone is 2. The number of hydrogen-bond donors (Lipinski definition) is 0. The maximum absolute atomic E-state index is 13.0. The van der Waals surface area contributed by atoms with Gasteiger partial charge in [-0.25, -0.2) is 9.67 Å². The average molecular weight is 545 g/mol. The summed E-state index contributed by atoms with van der Waals surface area (Å²) in [4.78, 5) is 17.3. The van der Waals surface area contributed by atoms with Crippen LogP contribution in [0.25, 0.3) is 0 Å².